The van der Waals surface area contributed by atoms with E-state index >= 15 is 0 Å². The number of hydrogen-bond acceptors (Lipinski definition) is 4. The fourth-order valence-electron chi connectivity index (χ4n) is 1.84. The van der Waals surface area contributed by atoms with Crippen molar-refractivity contribution in [3.63, 3.8) is 0 Å². The van der Waals surface area contributed by atoms with Crippen LogP contribution in [-0.2, 0) is 16.4 Å². The minimum atomic E-state index is -3.50. The fraction of sp³-hybridized carbons (Fsp3) is 0.462. The molecule has 0 fully saturated rings. The monoisotopic (exact) mass is 316 g/mol. The van der Waals surface area contributed by atoms with Crippen molar-refractivity contribution < 1.29 is 13.2 Å². The quantitative estimate of drug-likeness (QED) is 0.705. The molecule has 0 heterocycles. The fourth-order valence-corrected chi connectivity index (χ4v) is 3.72. The zero-order chi connectivity index (χ0) is 15.2. The van der Waals surface area contributed by atoms with Gasteiger partial charge in [-0.2, -0.15) is 0 Å². The lowest BCUT2D eigenvalue weighted by atomic mass is 10.1. The highest BCUT2D eigenvalue weighted by Crippen LogP contribution is 2.13. The van der Waals surface area contributed by atoms with Gasteiger partial charge in [-0.3, -0.25) is 0 Å². The number of sulfonamides is 1. The number of hydrogen-bond donors (Lipinski definition) is 2. The molecule has 0 saturated heterocycles. The van der Waals surface area contributed by atoms with E-state index in [0.717, 1.165) is 11.3 Å². The van der Waals surface area contributed by atoms with Gasteiger partial charge in [0.15, 0.2) is 0 Å². The second kappa shape index (κ2) is 7.56. The van der Waals surface area contributed by atoms with Crippen LogP contribution in [0.15, 0.2) is 24.3 Å². The van der Waals surface area contributed by atoms with Gasteiger partial charge in [0.05, 0.1) is 12.1 Å². The first-order valence-electron chi connectivity index (χ1n) is 6.31. The van der Waals surface area contributed by atoms with E-state index in [9.17, 15) is 8.42 Å². The van der Waals surface area contributed by atoms with Crippen molar-refractivity contribution in [2.75, 3.05) is 13.7 Å². The lowest BCUT2D eigenvalue weighted by molar-refractivity contribution is 0.414. The summed E-state index contributed by atoms with van der Waals surface area (Å²) in [7, 11) is -1.91. The molecule has 112 valence electrons. The topological polar surface area (TPSA) is 81.4 Å². The number of benzene rings is 1. The highest BCUT2D eigenvalue weighted by atomic mass is 32.2. The molecule has 5 nitrogen and oxygen atoms in total. The Balaban J connectivity index is 2.61. The van der Waals surface area contributed by atoms with Gasteiger partial charge in [0.1, 0.15) is 11.0 Å². The molecule has 1 unspecified atom stereocenters. The first kappa shape index (κ1) is 16.9. The maximum Gasteiger partial charge on any atom is 0.221 e. The van der Waals surface area contributed by atoms with Gasteiger partial charge in [-0.05, 0) is 30.5 Å². The SMILES string of the molecule is CCC(C(N)=S)S(=O)(=O)NCCc1cccc(OC)c1. The van der Waals surface area contributed by atoms with E-state index in [-0.39, 0.29) is 4.99 Å². The number of nitrogens with one attached hydrogen (secondary N) is 1. The van der Waals surface area contributed by atoms with Gasteiger partial charge in [0.2, 0.25) is 10.0 Å². The summed E-state index contributed by atoms with van der Waals surface area (Å²) in [5.41, 5.74) is 6.45. The zero-order valence-electron chi connectivity index (χ0n) is 11.6. The smallest absolute Gasteiger partial charge is 0.221 e. The van der Waals surface area contributed by atoms with Gasteiger partial charge in [-0.15, -0.1) is 0 Å². The van der Waals surface area contributed by atoms with Gasteiger partial charge in [0.25, 0.3) is 0 Å². The molecular weight excluding hydrogens is 296 g/mol. The first-order chi connectivity index (χ1) is 9.40. The summed E-state index contributed by atoms with van der Waals surface area (Å²) in [5, 5.41) is -0.817. The van der Waals surface area contributed by atoms with Crippen LogP contribution in [0.1, 0.15) is 18.9 Å². The Labute approximate surface area is 125 Å². The van der Waals surface area contributed by atoms with Crippen molar-refractivity contribution in [1.29, 1.82) is 0 Å². The van der Waals surface area contributed by atoms with Crippen molar-refractivity contribution in [3.05, 3.63) is 29.8 Å². The number of methoxy groups -OCH3 is 1. The third-order valence-electron chi connectivity index (χ3n) is 2.91. The van der Waals surface area contributed by atoms with Crippen LogP contribution in [0, 0.1) is 0 Å². The van der Waals surface area contributed by atoms with E-state index in [1.807, 2.05) is 24.3 Å². The van der Waals surface area contributed by atoms with Crippen molar-refractivity contribution in [3.8, 4) is 5.75 Å². The Morgan fingerprint density at radius 1 is 1.50 bits per heavy atom. The molecule has 0 aromatic heterocycles. The maximum atomic E-state index is 12.0. The van der Waals surface area contributed by atoms with Crippen LogP contribution in [0.5, 0.6) is 5.75 Å². The van der Waals surface area contributed by atoms with Crippen molar-refractivity contribution in [2.24, 2.45) is 5.73 Å². The van der Waals surface area contributed by atoms with Gasteiger partial charge in [0, 0.05) is 6.54 Å². The van der Waals surface area contributed by atoms with Gasteiger partial charge in [-0.25, -0.2) is 13.1 Å². The summed E-state index contributed by atoms with van der Waals surface area (Å²) < 4.78 is 31.7. The molecule has 1 aromatic rings. The number of ether oxygens (including phenoxy) is 1. The Bertz CT molecular complexity index is 558. The van der Waals surface area contributed by atoms with Crippen LogP contribution in [0.3, 0.4) is 0 Å². The van der Waals surface area contributed by atoms with Crippen LogP contribution in [0.2, 0.25) is 0 Å². The van der Waals surface area contributed by atoms with E-state index < -0.39 is 15.3 Å². The second-order valence-corrected chi connectivity index (χ2v) is 6.76. The minimum Gasteiger partial charge on any atom is -0.497 e. The predicted octanol–water partition coefficient (Wildman–Crippen LogP) is 1.22. The molecule has 0 saturated carbocycles. The normalized spacial score (nSPS) is 12.9. The highest BCUT2D eigenvalue weighted by molar-refractivity contribution is 7.93. The average molecular weight is 316 g/mol. The summed E-state index contributed by atoms with van der Waals surface area (Å²) in [5.74, 6) is 0.750. The number of rotatable bonds is 8. The molecule has 0 amide bonds. The Morgan fingerprint density at radius 3 is 2.75 bits per heavy atom. The van der Waals surface area contributed by atoms with Crippen LogP contribution < -0.4 is 15.2 Å². The van der Waals surface area contributed by atoms with E-state index in [0.29, 0.717) is 19.4 Å². The van der Waals surface area contributed by atoms with Crippen LogP contribution >= 0.6 is 12.2 Å². The third kappa shape index (κ3) is 4.73. The molecule has 0 aliphatic carbocycles. The maximum absolute atomic E-state index is 12.0. The summed E-state index contributed by atoms with van der Waals surface area (Å²) in [6.45, 7) is 2.04. The van der Waals surface area contributed by atoms with Crippen LogP contribution in [0.4, 0.5) is 0 Å². The number of nitrogens with two attached hydrogens (primary N) is 1. The molecule has 0 radical (unpaired) electrons. The van der Waals surface area contributed by atoms with Crippen molar-refractivity contribution in [2.45, 2.75) is 25.0 Å². The molecular formula is C13H20N2O3S2. The van der Waals surface area contributed by atoms with Gasteiger partial charge >= 0.3 is 0 Å². The number of thiocarbonyl (C=S) groups is 1. The Hall–Kier alpha value is -1.18. The van der Waals surface area contributed by atoms with E-state index in [2.05, 4.69) is 4.72 Å². The molecule has 1 rings (SSSR count). The van der Waals surface area contributed by atoms with Crippen LogP contribution in [-0.4, -0.2) is 32.3 Å². The summed E-state index contributed by atoms with van der Waals surface area (Å²) in [6, 6.07) is 7.50. The summed E-state index contributed by atoms with van der Waals surface area (Å²) >= 11 is 4.78. The second-order valence-electron chi connectivity index (χ2n) is 4.34. The lowest BCUT2D eigenvalue weighted by Gasteiger charge is -2.15. The largest absolute Gasteiger partial charge is 0.497 e. The van der Waals surface area contributed by atoms with E-state index in [1.165, 1.54) is 0 Å². The molecule has 0 spiro atoms. The van der Waals surface area contributed by atoms with Crippen LogP contribution in [0.25, 0.3) is 0 Å². The summed E-state index contributed by atoms with van der Waals surface area (Å²) in [4.78, 5) is 0.00128. The lowest BCUT2D eigenvalue weighted by Crippen LogP contribution is -2.42. The van der Waals surface area contributed by atoms with Crippen molar-refractivity contribution >= 4 is 27.2 Å². The molecule has 3 N–H and O–H groups in total. The molecule has 1 aromatic carbocycles. The zero-order valence-corrected chi connectivity index (χ0v) is 13.3. The van der Waals surface area contributed by atoms with E-state index in [1.54, 1.807) is 14.0 Å². The highest BCUT2D eigenvalue weighted by Gasteiger charge is 2.25. The Morgan fingerprint density at radius 2 is 2.20 bits per heavy atom. The van der Waals surface area contributed by atoms with Gasteiger partial charge in [-0.1, -0.05) is 31.3 Å². The first-order valence-corrected chi connectivity index (χ1v) is 8.27. The molecule has 0 bridgehead atoms. The van der Waals surface area contributed by atoms with Gasteiger partial charge < -0.3 is 10.5 Å². The van der Waals surface area contributed by atoms with E-state index in [4.69, 9.17) is 22.7 Å². The molecule has 0 aliphatic heterocycles. The molecule has 0 aliphatic rings. The third-order valence-corrected chi connectivity index (χ3v) is 5.29. The average Bonchev–Trinajstić information content (AvgIpc) is 2.38. The molecule has 1 atom stereocenters. The minimum absolute atomic E-state index is 0.00128. The predicted molar refractivity (Wildman–Crippen MR) is 84.5 cm³/mol. The standard InChI is InChI=1S/C13H20N2O3S2/c1-3-12(13(14)19)20(16,17)15-8-7-10-5-4-6-11(9-10)18-2/h4-6,9,12,15H,3,7-8H2,1-2H3,(H2,14,19). The molecule has 20 heavy (non-hydrogen) atoms. The molecule has 7 heteroatoms. The Kier molecular flexibility index (Phi) is 6.38. The van der Waals surface area contributed by atoms with Crippen molar-refractivity contribution in [1.82, 2.24) is 4.72 Å². The summed E-state index contributed by atoms with van der Waals surface area (Å²) in [6.07, 6.45) is 0.939.